The van der Waals surface area contributed by atoms with E-state index in [1.807, 2.05) is 0 Å². The maximum absolute atomic E-state index is 13.4. The highest BCUT2D eigenvalue weighted by molar-refractivity contribution is 6.06. The summed E-state index contributed by atoms with van der Waals surface area (Å²) >= 11 is 0. The minimum atomic E-state index is -0.460. The molecule has 0 bridgehead atoms. The summed E-state index contributed by atoms with van der Waals surface area (Å²) in [5, 5.41) is 10.1. The van der Waals surface area contributed by atoms with Gasteiger partial charge in [-0.1, -0.05) is 18.2 Å². The Morgan fingerprint density at radius 3 is 2.89 bits per heavy atom. The van der Waals surface area contributed by atoms with Crippen molar-refractivity contribution < 1.29 is 9.18 Å². The molecule has 0 aliphatic carbocycles. The Bertz CT molecular complexity index is 751. The summed E-state index contributed by atoms with van der Waals surface area (Å²) in [7, 11) is 0. The van der Waals surface area contributed by atoms with E-state index in [2.05, 4.69) is 15.5 Å². The molecule has 19 heavy (non-hydrogen) atoms. The number of amides is 1. The number of nitrogens with zero attached hydrogens (tertiary/aromatic N) is 1. The lowest BCUT2D eigenvalue weighted by Gasteiger charge is -2.06. The highest BCUT2D eigenvalue weighted by Gasteiger charge is 2.09. The van der Waals surface area contributed by atoms with Gasteiger partial charge in [-0.15, -0.1) is 0 Å². The smallest absolute Gasteiger partial charge is 0.255 e. The van der Waals surface area contributed by atoms with E-state index in [1.165, 1.54) is 12.1 Å². The number of aromatic amines is 1. The van der Waals surface area contributed by atoms with Gasteiger partial charge in [0.15, 0.2) is 0 Å². The number of hydrogen-bond donors (Lipinski definition) is 2. The van der Waals surface area contributed by atoms with Crippen molar-refractivity contribution in [3.8, 4) is 0 Å². The van der Waals surface area contributed by atoms with Gasteiger partial charge in [-0.3, -0.25) is 9.89 Å². The molecule has 1 amide bonds. The molecule has 0 aliphatic heterocycles. The van der Waals surface area contributed by atoms with E-state index in [9.17, 15) is 9.18 Å². The fraction of sp³-hybridized carbons (Fsp3) is 0. The maximum atomic E-state index is 13.4. The number of aromatic nitrogens is 2. The number of carbonyl (C=O) groups is 1. The second-order valence-electron chi connectivity index (χ2n) is 4.11. The maximum Gasteiger partial charge on any atom is 0.255 e. The number of rotatable bonds is 2. The van der Waals surface area contributed by atoms with Crippen LogP contribution in [0.1, 0.15) is 10.4 Å². The van der Waals surface area contributed by atoms with Crippen molar-refractivity contribution in [1.82, 2.24) is 10.2 Å². The van der Waals surface area contributed by atoms with Gasteiger partial charge in [0.1, 0.15) is 5.82 Å². The van der Waals surface area contributed by atoms with Crippen LogP contribution < -0.4 is 5.32 Å². The molecule has 3 aromatic rings. The van der Waals surface area contributed by atoms with Crippen LogP contribution >= 0.6 is 0 Å². The Morgan fingerprint density at radius 2 is 2.05 bits per heavy atom. The second kappa shape index (κ2) is 4.53. The van der Waals surface area contributed by atoms with Gasteiger partial charge in [-0.2, -0.15) is 5.10 Å². The number of para-hydroxylation sites is 1. The number of benzene rings is 2. The lowest BCUT2D eigenvalue weighted by molar-refractivity contribution is 0.102. The van der Waals surface area contributed by atoms with Gasteiger partial charge in [0.05, 0.1) is 17.4 Å². The lowest BCUT2D eigenvalue weighted by Crippen LogP contribution is -2.12. The van der Waals surface area contributed by atoms with Gasteiger partial charge in [0.2, 0.25) is 0 Å². The van der Waals surface area contributed by atoms with E-state index in [0.717, 1.165) is 10.9 Å². The molecule has 0 radical (unpaired) electrons. The zero-order chi connectivity index (χ0) is 13.2. The Kier molecular flexibility index (Phi) is 2.72. The predicted octanol–water partition coefficient (Wildman–Crippen LogP) is 2.95. The average Bonchev–Trinajstić information content (AvgIpc) is 2.88. The summed E-state index contributed by atoms with van der Waals surface area (Å²) in [4.78, 5) is 12.0. The topological polar surface area (TPSA) is 57.8 Å². The number of anilines is 1. The molecule has 0 aliphatic rings. The molecule has 2 N–H and O–H groups in total. The van der Waals surface area contributed by atoms with Crippen LogP contribution in [0.5, 0.6) is 0 Å². The summed E-state index contributed by atoms with van der Waals surface area (Å²) in [5.41, 5.74) is 1.37. The standard InChI is InChI=1S/C14H10FN3O/c15-11-3-1-2-4-12(11)17-14(19)9-5-6-10-8-16-18-13(10)7-9/h1-8H,(H,16,18)(H,17,19). The number of hydrogen-bond acceptors (Lipinski definition) is 2. The summed E-state index contributed by atoms with van der Waals surface area (Å²) < 4.78 is 13.4. The van der Waals surface area contributed by atoms with Gasteiger partial charge < -0.3 is 5.32 Å². The first-order valence-corrected chi connectivity index (χ1v) is 5.73. The molecule has 4 nitrogen and oxygen atoms in total. The molecule has 0 saturated carbocycles. The van der Waals surface area contributed by atoms with Crippen molar-refractivity contribution in [3.05, 3.63) is 60.0 Å². The Morgan fingerprint density at radius 1 is 1.21 bits per heavy atom. The summed E-state index contributed by atoms with van der Waals surface area (Å²) in [6.45, 7) is 0. The number of carbonyl (C=O) groups excluding carboxylic acids is 1. The van der Waals surface area contributed by atoms with Crippen molar-refractivity contribution in [3.63, 3.8) is 0 Å². The molecule has 2 aromatic carbocycles. The van der Waals surface area contributed by atoms with Gasteiger partial charge >= 0.3 is 0 Å². The van der Waals surface area contributed by atoms with Crippen LogP contribution in [-0.2, 0) is 0 Å². The molecule has 1 heterocycles. The Labute approximate surface area is 108 Å². The molecule has 0 fully saturated rings. The van der Waals surface area contributed by atoms with Crippen LogP contribution in [0.15, 0.2) is 48.7 Å². The second-order valence-corrected chi connectivity index (χ2v) is 4.11. The first-order chi connectivity index (χ1) is 9.24. The largest absolute Gasteiger partial charge is 0.319 e. The molecule has 94 valence electrons. The third kappa shape index (κ3) is 2.18. The monoisotopic (exact) mass is 255 g/mol. The van der Waals surface area contributed by atoms with Gasteiger partial charge in [0.25, 0.3) is 5.91 Å². The van der Waals surface area contributed by atoms with Crippen LogP contribution in [0.4, 0.5) is 10.1 Å². The van der Waals surface area contributed by atoms with Crippen LogP contribution in [0.3, 0.4) is 0 Å². The molecular weight excluding hydrogens is 245 g/mol. The van der Waals surface area contributed by atoms with E-state index < -0.39 is 5.82 Å². The fourth-order valence-electron chi connectivity index (χ4n) is 1.84. The summed E-state index contributed by atoms with van der Waals surface area (Å²) in [6.07, 6.45) is 1.67. The van der Waals surface area contributed by atoms with E-state index in [4.69, 9.17) is 0 Å². The number of H-pyrrole nitrogens is 1. The van der Waals surface area contributed by atoms with Crippen LogP contribution in [-0.4, -0.2) is 16.1 Å². The molecular formula is C14H10FN3O. The first-order valence-electron chi connectivity index (χ1n) is 5.73. The molecule has 0 saturated heterocycles. The number of halogens is 1. The molecule has 0 spiro atoms. The molecule has 0 unspecified atom stereocenters. The summed E-state index contributed by atoms with van der Waals surface area (Å²) in [5.74, 6) is -0.819. The zero-order valence-corrected chi connectivity index (χ0v) is 9.85. The van der Waals surface area contributed by atoms with Gasteiger partial charge in [-0.05, 0) is 24.3 Å². The average molecular weight is 255 g/mol. The van der Waals surface area contributed by atoms with E-state index in [0.29, 0.717) is 5.56 Å². The molecule has 0 atom stereocenters. The molecule has 1 aromatic heterocycles. The zero-order valence-electron chi connectivity index (χ0n) is 9.85. The SMILES string of the molecule is O=C(Nc1ccccc1F)c1ccc2cn[nH]c2c1. The van der Waals surface area contributed by atoms with Crippen LogP contribution in [0.25, 0.3) is 10.9 Å². The number of nitrogens with one attached hydrogen (secondary N) is 2. The number of fused-ring (bicyclic) bond motifs is 1. The quantitative estimate of drug-likeness (QED) is 0.739. The third-order valence-electron chi connectivity index (χ3n) is 2.83. The lowest BCUT2D eigenvalue weighted by atomic mass is 10.1. The predicted molar refractivity (Wildman–Crippen MR) is 70.4 cm³/mol. The van der Waals surface area contributed by atoms with Crippen molar-refractivity contribution in [2.24, 2.45) is 0 Å². The van der Waals surface area contributed by atoms with Crippen molar-refractivity contribution in [1.29, 1.82) is 0 Å². The first kappa shape index (κ1) is 11.4. The molecule has 3 rings (SSSR count). The summed E-state index contributed by atoms with van der Waals surface area (Å²) in [6, 6.07) is 11.2. The highest BCUT2D eigenvalue weighted by atomic mass is 19.1. The normalized spacial score (nSPS) is 10.6. The minimum absolute atomic E-state index is 0.164. The van der Waals surface area contributed by atoms with Gasteiger partial charge in [0, 0.05) is 10.9 Å². The van der Waals surface area contributed by atoms with E-state index in [-0.39, 0.29) is 11.6 Å². The van der Waals surface area contributed by atoms with E-state index >= 15 is 0 Å². The van der Waals surface area contributed by atoms with Crippen LogP contribution in [0, 0.1) is 5.82 Å². The minimum Gasteiger partial charge on any atom is -0.319 e. The van der Waals surface area contributed by atoms with Crippen molar-refractivity contribution in [2.75, 3.05) is 5.32 Å². The Balaban J connectivity index is 1.89. The highest BCUT2D eigenvalue weighted by Crippen LogP contribution is 2.16. The molecule has 5 heteroatoms. The van der Waals surface area contributed by atoms with Crippen molar-refractivity contribution >= 4 is 22.5 Å². The van der Waals surface area contributed by atoms with Crippen molar-refractivity contribution in [2.45, 2.75) is 0 Å². The Hall–Kier alpha value is -2.69. The fourth-order valence-corrected chi connectivity index (χ4v) is 1.84. The van der Waals surface area contributed by atoms with E-state index in [1.54, 1.807) is 36.5 Å². The van der Waals surface area contributed by atoms with Gasteiger partial charge in [-0.25, -0.2) is 4.39 Å². The van der Waals surface area contributed by atoms with Crippen LogP contribution in [0.2, 0.25) is 0 Å². The third-order valence-corrected chi connectivity index (χ3v) is 2.83.